The van der Waals surface area contributed by atoms with Crippen LogP contribution in [0.25, 0.3) is 0 Å². The van der Waals surface area contributed by atoms with Crippen molar-refractivity contribution in [1.29, 1.82) is 0 Å². The number of nitrogens with zero attached hydrogens (tertiary/aromatic N) is 1. The molecule has 118 valence electrons. The first-order valence-corrected chi connectivity index (χ1v) is 9.10. The molecule has 3 atom stereocenters. The summed E-state index contributed by atoms with van der Waals surface area (Å²) in [6.07, 6.45) is 9.87. The second kappa shape index (κ2) is 4.71. The molecule has 4 saturated carbocycles. The van der Waals surface area contributed by atoms with E-state index in [0.29, 0.717) is 17.4 Å². The Morgan fingerprint density at radius 3 is 2.19 bits per heavy atom. The molecule has 0 aromatic heterocycles. The van der Waals surface area contributed by atoms with Crippen molar-refractivity contribution >= 4 is 5.91 Å². The molecule has 21 heavy (non-hydrogen) atoms. The van der Waals surface area contributed by atoms with E-state index < -0.39 is 0 Å². The number of carbonyl (C=O) groups excluding carboxylic acids is 1. The minimum atomic E-state index is 0.00584. The fourth-order valence-electron chi connectivity index (χ4n) is 6.58. The molecule has 4 bridgehead atoms. The molecule has 3 unspecified atom stereocenters. The molecule has 1 N–H and O–H groups in total. The summed E-state index contributed by atoms with van der Waals surface area (Å²) in [5.41, 5.74) is 0.434. The Labute approximate surface area is 128 Å². The highest BCUT2D eigenvalue weighted by atomic mass is 16.2. The summed E-state index contributed by atoms with van der Waals surface area (Å²) in [4.78, 5) is 14.9. The quantitative estimate of drug-likeness (QED) is 0.866. The maximum Gasteiger partial charge on any atom is 0.240 e. The molecule has 3 heteroatoms. The van der Waals surface area contributed by atoms with Crippen LogP contribution in [-0.4, -0.2) is 29.1 Å². The molecule has 4 aliphatic carbocycles. The van der Waals surface area contributed by atoms with Crippen LogP contribution in [0, 0.1) is 23.2 Å². The number of hydrogen-bond acceptors (Lipinski definition) is 2. The van der Waals surface area contributed by atoms with Gasteiger partial charge < -0.3 is 4.90 Å². The van der Waals surface area contributed by atoms with Gasteiger partial charge in [-0.3, -0.25) is 10.1 Å². The summed E-state index contributed by atoms with van der Waals surface area (Å²) in [6.45, 7) is 6.58. The highest BCUT2D eigenvalue weighted by Crippen LogP contribution is 2.62. The monoisotopic (exact) mass is 290 g/mol. The van der Waals surface area contributed by atoms with Crippen molar-refractivity contribution in [3.63, 3.8) is 0 Å². The SMILES string of the molecule is CCC1NC(C)C(=O)N1C(C)C12CC3CC(CC(C3)C1)C2. The molecular weight excluding hydrogens is 260 g/mol. The van der Waals surface area contributed by atoms with Gasteiger partial charge in [0.1, 0.15) is 0 Å². The van der Waals surface area contributed by atoms with Crippen LogP contribution in [0.5, 0.6) is 0 Å². The fraction of sp³-hybridized carbons (Fsp3) is 0.944. The van der Waals surface area contributed by atoms with Crippen LogP contribution >= 0.6 is 0 Å². The van der Waals surface area contributed by atoms with E-state index >= 15 is 0 Å². The van der Waals surface area contributed by atoms with Gasteiger partial charge in [0.25, 0.3) is 0 Å². The van der Waals surface area contributed by atoms with E-state index in [0.717, 1.165) is 24.2 Å². The minimum Gasteiger partial charge on any atom is -0.323 e. The predicted octanol–water partition coefficient (Wildman–Crippen LogP) is 3.15. The van der Waals surface area contributed by atoms with Crippen LogP contribution in [0.1, 0.15) is 65.7 Å². The van der Waals surface area contributed by atoms with Crippen molar-refractivity contribution in [3.8, 4) is 0 Å². The van der Waals surface area contributed by atoms with Gasteiger partial charge in [-0.25, -0.2) is 0 Å². The van der Waals surface area contributed by atoms with E-state index in [-0.39, 0.29) is 12.2 Å². The second-order valence-electron chi connectivity index (χ2n) is 8.51. The Morgan fingerprint density at radius 2 is 1.71 bits per heavy atom. The lowest BCUT2D eigenvalue weighted by atomic mass is 9.47. The Kier molecular flexibility index (Phi) is 3.15. The van der Waals surface area contributed by atoms with Gasteiger partial charge in [-0.2, -0.15) is 0 Å². The molecule has 3 nitrogen and oxygen atoms in total. The first-order chi connectivity index (χ1) is 10.0. The number of carbonyl (C=O) groups is 1. The summed E-state index contributed by atoms with van der Waals surface area (Å²) in [7, 11) is 0. The number of nitrogens with one attached hydrogen (secondary N) is 1. The number of hydrogen-bond donors (Lipinski definition) is 1. The van der Waals surface area contributed by atoms with E-state index in [1.165, 1.54) is 38.5 Å². The minimum absolute atomic E-state index is 0.00584. The first-order valence-electron chi connectivity index (χ1n) is 9.10. The van der Waals surface area contributed by atoms with E-state index in [4.69, 9.17) is 0 Å². The van der Waals surface area contributed by atoms with Gasteiger partial charge in [-0.05, 0) is 82.0 Å². The average molecular weight is 290 g/mol. The highest BCUT2D eigenvalue weighted by molar-refractivity contribution is 5.84. The van der Waals surface area contributed by atoms with E-state index in [1.807, 2.05) is 6.92 Å². The van der Waals surface area contributed by atoms with E-state index in [9.17, 15) is 4.79 Å². The van der Waals surface area contributed by atoms with E-state index in [1.54, 1.807) is 0 Å². The number of rotatable bonds is 3. The fourth-order valence-corrected chi connectivity index (χ4v) is 6.58. The molecule has 1 aliphatic heterocycles. The average Bonchev–Trinajstić information content (AvgIpc) is 2.72. The van der Waals surface area contributed by atoms with Gasteiger partial charge in [0.2, 0.25) is 5.91 Å². The van der Waals surface area contributed by atoms with Gasteiger partial charge in [0, 0.05) is 6.04 Å². The smallest absolute Gasteiger partial charge is 0.240 e. The largest absolute Gasteiger partial charge is 0.323 e. The third-order valence-electron chi connectivity index (χ3n) is 7.18. The van der Waals surface area contributed by atoms with Crippen molar-refractivity contribution in [3.05, 3.63) is 0 Å². The predicted molar refractivity (Wildman–Crippen MR) is 83.6 cm³/mol. The molecule has 5 fully saturated rings. The van der Waals surface area contributed by atoms with Crippen LogP contribution in [0.2, 0.25) is 0 Å². The molecule has 5 rings (SSSR count). The molecule has 0 spiro atoms. The molecule has 0 aromatic carbocycles. The maximum atomic E-state index is 12.7. The molecule has 0 aromatic rings. The lowest BCUT2D eigenvalue weighted by Gasteiger charge is -2.60. The van der Waals surface area contributed by atoms with Crippen LogP contribution in [0.3, 0.4) is 0 Å². The van der Waals surface area contributed by atoms with Crippen molar-refractivity contribution in [1.82, 2.24) is 10.2 Å². The van der Waals surface area contributed by atoms with Gasteiger partial charge in [-0.15, -0.1) is 0 Å². The zero-order chi connectivity index (χ0) is 14.8. The Bertz CT molecular complexity index is 411. The standard InChI is InChI=1S/C18H30N2O/c1-4-16-19-11(2)17(21)20(16)12(3)18-8-13-5-14(9-18)7-15(6-13)10-18/h11-16,19H,4-10H2,1-3H3. The lowest BCUT2D eigenvalue weighted by molar-refractivity contribution is -0.143. The lowest BCUT2D eigenvalue weighted by Crippen LogP contribution is -2.58. The topological polar surface area (TPSA) is 32.3 Å². The maximum absolute atomic E-state index is 12.7. The molecule has 0 radical (unpaired) electrons. The third-order valence-corrected chi connectivity index (χ3v) is 7.18. The van der Waals surface area contributed by atoms with Crippen LogP contribution in [0.15, 0.2) is 0 Å². The third kappa shape index (κ3) is 1.99. The Hall–Kier alpha value is -0.570. The van der Waals surface area contributed by atoms with Gasteiger partial charge in [0.15, 0.2) is 0 Å². The Morgan fingerprint density at radius 1 is 1.19 bits per heavy atom. The van der Waals surface area contributed by atoms with Gasteiger partial charge >= 0.3 is 0 Å². The molecule has 5 aliphatic rings. The zero-order valence-electron chi connectivity index (χ0n) is 13.8. The van der Waals surface area contributed by atoms with Crippen molar-refractivity contribution in [2.75, 3.05) is 0 Å². The first kappa shape index (κ1) is 14.0. The molecule has 1 saturated heterocycles. The summed E-state index contributed by atoms with van der Waals surface area (Å²) in [6, 6.07) is 0.423. The second-order valence-corrected chi connectivity index (χ2v) is 8.51. The van der Waals surface area contributed by atoms with Gasteiger partial charge in [-0.1, -0.05) is 6.92 Å². The molecule has 1 heterocycles. The highest BCUT2D eigenvalue weighted by Gasteiger charge is 2.56. The van der Waals surface area contributed by atoms with E-state index in [2.05, 4.69) is 24.1 Å². The number of amides is 1. The van der Waals surface area contributed by atoms with Crippen LogP contribution in [0.4, 0.5) is 0 Å². The Balaban J connectivity index is 1.62. The van der Waals surface area contributed by atoms with Crippen molar-refractivity contribution < 1.29 is 4.79 Å². The summed E-state index contributed by atoms with van der Waals surface area (Å²) < 4.78 is 0. The normalized spacial score (nSPS) is 50.0. The summed E-state index contributed by atoms with van der Waals surface area (Å²) in [5, 5.41) is 3.49. The van der Waals surface area contributed by atoms with Crippen LogP contribution < -0.4 is 5.32 Å². The molecular formula is C18H30N2O. The van der Waals surface area contributed by atoms with Crippen LogP contribution in [-0.2, 0) is 4.79 Å². The van der Waals surface area contributed by atoms with Crippen molar-refractivity contribution in [2.45, 2.75) is 84.0 Å². The molecule has 1 amide bonds. The summed E-state index contributed by atoms with van der Waals surface area (Å²) >= 11 is 0. The van der Waals surface area contributed by atoms with Gasteiger partial charge in [0.05, 0.1) is 12.2 Å². The zero-order valence-corrected chi connectivity index (χ0v) is 13.8. The van der Waals surface area contributed by atoms with Crippen molar-refractivity contribution in [2.24, 2.45) is 23.2 Å². The summed E-state index contributed by atoms with van der Waals surface area (Å²) in [5.74, 6) is 3.22.